The maximum atomic E-state index is 14.1. The molecule has 0 aliphatic carbocycles. The second-order valence-corrected chi connectivity index (χ2v) is 9.47. The number of carbonyl (C=O) groups is 1. The van der Waals surface area contributed by atoms with Crippen LogP contribution >= 0.6 is 11.3 Å². The molecule has 11 heteroatoms. The number of aromatic nitrogens is 6. The summed E-state index contributed by atoms with van der Waals surface area (Å²) in [6.45, 7) is 1.76. The van der Waals surface area contributed by atoms with E-state index < -0.39 is 11.9 Å². The predicted molar refractivity (Wildman–Crippen MR) is 149 cm³/mol. The van der Waals surface area contributed by atoms with Gasteiger partial charge in [0.2, 0.25) is 0 Å². The molecular formula is C28H20N8O2S. The minimum Gasteiger partial charge on any atom is -0.381 e. The van der Waals surface area contributed by atoms with Crippen LogP contribution in [0, 0.1) is 11.8 Å². The monoisotopic (exact) mass is 532 g/mol. The summed E-state index contributed by atoms with van der Waals surface area (Å²) in [6, 6.07) is 15.5. The minimum absolute atomic E-state index is 0.0498. The molecule has 0 saturated carbocycles. The van der Waals surface area contributed by atoms with E-state index in [1.807, 2.05) is 35.7 Å². The average molecular weight is 533 g/mol. The van der Waals surface area contributed by atoms with Gasteiger partial charge in [-0.3, -0.25) is 14.2 Å². The van der Waals surface area contributed by atoms with E-state index >= 15 is 0 Å². The number of fused-ring (bicyclic) bond motifs is 2. The van der Waals surface area contributed by atoms with Crippen molar-refractivity contribution in [3.8, 4) is 17.5 Å². The van der Waals surface area contributed by atoms with Gasteiger partial charge in [-0.2, -0.15) is 0 Å². The quantitative estimate of drug-likeness (QED) is 0.333. The van der Waals surface area contributed by atoms with Crippen LogP contribution in [-0.4, -0.2) is 35.0 Å². The van der Waals surface area contributed by atoms with Crippen molar-refractivity contribution in [1.82, 2.24) is 34.4 Å². The highest BCUT2D eigenvalue weighted by atomic mass is 32.1. The second kappa shape index (κ2) is 9.85. The van der Waals surface area contributed by atoms with E-state index in [4.69, 9.17) is 10.7 Å². The summed E-state index contributed by atoms with van der Waals surface area (Å²) in [5.41, 5.74) is 7.83. The smallest absolute Gasteiger partial charge is 0.267 e. The summed E-state index contributed by atoms with van der Waals surface area (Å²) in [5.74, 6) is 6.01. The highest BCUT2D eigenvalue weighted by Crippen LogP contribution is 2.22. The van der Waals surface area contributed by atoms with Crippen molar-refractivity contribution >= 4 is 39.6 Å². The molecule has 4 heterocycles. The van der Waals surface area contributed by atoms with Crippen molar-refractivity contribution in [3.05, 3.63) is 111 Å². The van der Waals surface area contributed by atoms with Gasteiger partial charge in [-0.05, 0) is 43.2 Å². The number of thiazole rings is 1. The van der Waals surface area contributed by atoms with Crippen molar-refractivity contribution in [3.63, 3.8) is 0 Å². The Bertz CT molecular complexity index is 1970. The molecule has 0 radical (unpaired) electrons. The van der Waals surface area contributed by atoms with E-state index in [-0.39, 0.29) is 16.9 Å². The normalized spacial score (nSPS) is 11.7. The molecule has 39 heavy (non-hydrogen) atoms. The van der Waals surface area contributed by atoms with Crippen molar-refractivity contribution in [2.24, 2.45) is 0 Å². The lowest BCUT2D eigenvalue weighted by atomic mass is 10.1. The van der Waals surface area contributed by atoms with Crippen LogP contribution in [0.5, 0.6) is 0 Å². The highest BCUT2D eigenvalue weighted by Gasteiger charge is 2.24. The summed E-state index contributed by atoms with van der Waals surface area (Å²) < 4.78 is 2.94. The Labute approximate surface area is 225 Å². The molecule has 3 N–H and O–H groups in total. The van der Waals surface area contributed by atoms with Gasteiger partial charge >= 0.3 is 0 Å². The molecule has 190 valence electrons. The zero-order valence-corrected chi connectivity index (χ0v) is 21.4. The number of nitrogens with two attached hydrogens (primary N) is 1. The maximum absolute atomic E-state index is 14.1. The van der Waals surface area contributed by atoms with E-state index in [2.05, 4.69) is 32.2 Å². The van der Waals surface area contributed by atoms with Gasteiger partial charge in [0, 0.05) is 29.5 Å². The molecule has 1 amide bonds. The highest BCUT2D eigenvalue weighted by molar-refractivity contribution is 7.10. The largest absolute Gasteiger partial charge is 0.381 e. The van der Waals surface area contributed by atoms with Crippen molar-refractivity contribution < 1.29 is 4.79 Å². The molecule has 1 atom stereocenters. The van der Waals surface area contributed by atoms with Gasteiger partial charge < -0.3 is 11.1 Å². The third-order valence-electron chi connectivity index (χ3n) is 6.06. The second-order valence-electron chi connectivity index (χ2n) is 8.58. The molecule has 6 aromatic rings. The van der Waals surface area contributed by atoms with Gasteiger partial charge in [0.1, 0.15) is 11.4 Å². The fourth-order valence-electron chi connectivity index (χ4n) is 4.33. The Hall–Kier alpha value is -5.34. The molecule has 0 fully saturated rings. The first-order chi connectivity index (χ1) is 19.0. The molecule has 4 aromatic heterocycles. The van der Waals surface area contributed by atoms with Crippen LogP contribution in [0.25, 0.3) is 22.2 Å². The van der Waals surface area contributed by atoms with Crippen LogP contribution in [0.1, 0.15) is 39.7 Å². The molecule has 0 saturated heterocycles. The summed E-state index contributed by atoms with van der Waals surface area (Å²) in [4.78, 5) is 40.7. The Morgan fingerprint density at radius 1 is 1.05 bits per heavy atom. The number of nitrogens with zero attached hydrogens (tertiary/aromatic N) is 6. The van der Waals surface area contributed by atoms with Crippen LogP contribution in [0.3, 0.4) is 0 Å². The van der Waals surface area contributed by atoms with Gasteiger partial charge in [-0.15, -0.1) is 16.4 Å². The lowest BCUT2D eigenvalue weighted by molar-refractivity contribution is 0.0940. The van der Waals surface area contributed by atoms with Gasteiger partial charge in [-0.1, -0.05) is 30.2 Å². The van der Waals surface area contributed by atoms with E-state index in [9.17, 15) is 9.59 Å². The fourth-order valence-corrected chi connectivity index (χ4v) is 4.81. The molecule has 2 aromatic carbocycles. The molecule has 0 spiro atoms. The number of nitrogen functional groups attached to an aromatic ring is 1. The first kappa shape index (κ1) is 24.0. The van der Waals surface area contributed by atoms with Crippen LogP contribution in [-0.2, 0) is 0 Å². The van der Waals surface area contributed by atoms with Crippen molar-refractivity contribution in [1.29, 1.82) is 0 Å². The Kier molecular flexibility index (Phi) is 6.07. The number of anilines is 1. The fraction of sp³-hybridized carbons (Fsp3) is 0.0714. The van der Waals surface area contributed by atoms with E-state index in [1.165, 1.54) is 20.4 Å². The first-order valence-electron chi connectivity index (χ1n) is 11.9. The van der Waals surface area contributed by atoms with E-state index in [1.54, 1.807) is 49.8 Å². The lowest BCUT2D eigenvalue weighted by Gasteiger charge is -2.20. The summed E-state index contributed by atoms with van der Waals surface area (Å²) in [6.07, 6.45) is 4.90. The molecule has 0 unspecified atom stereocenters. The van der Waals surface area contributed by atoms with Gasteiger partial charge in [0.15, 0.2) is 16.5 Å². The molecule has 6 rings (SSSR count). The van der Waals surface area contributed by atoms with E-state index in [0.717, 1.165) is 0 Å². The standard InChI is InChI=1S/C28H20N8O2S/c1-17(32-27(37)23-24(29)34-35-15-6-13-31-26(23)35)25-33-20-10-5-7-18(11-12-21-30-14-16-39-21)22(20)28(38)36(25)19-8-3-2-4-9-19/h2-10,13-17H,1H3,(H2,29,34)(H,32,37)/t17-/m0/s1. The number of nitrogens with one attached hydrogen (secondary N) is 1. The maximum Gasteiger partial charge on any atom is 0.267 e. The van der Waals surface area contributed by atoms with Crippen molar-refractivity contribution in [2.45, 2.75) is 13.0 Å². The van der Waals surface area contributed by atoms with Gasteiger partial charge in [-0.25, -0.2) is 19.5 Å². The number of carbonyl (C=O) groups excluding carboxylic acids is 1. The van der Waals surface area contributed by atoms with Crippen LogP contribution in [0.2, 0.25) is 0 Å². The molecule has 0 bridgehead atoms. The number of amides is 1. The zero-order valence-electron chi connectivity index (χ0n) is 20.6. The zero-order chi connectivity index (χ0) is 26.9. The average Bonchev–Trinajstić information content (AvgIpc) is 3.59. The van der Waals surface area contributed by atoms with Crippen LogP contribution in [0.4, 0.5) is 5.82 Å². The summed E-state index contributed by atoms with van der Waals surface area (Å²) in [7, 11) is 0. The van der Waals surface area contributed by atoms with Crippen LogP contribution < -0.4 is 16.6 Å². The Morgan fingerprint density at radius 2 is 1.90 bits per heavy atom. The van der Waals surface area contributed by atoms with Crippen LogP contribution in [0.15, 0.2) is 83.4 Å². The third kappa shape index (κ3) is 4.39. The number of benzene rings is 2. The number of hydrogen-bond donors (Lipinski definition) is 2. The lowest BCUT2D eigenvalue weighted by Crippen LogP contribution is -2.33. The molecule has 0 aliphatic heterocycles. The third-order valence-corrected chi connectivity index (χ3v) is 6.75. The van der Waals surface area contributed by atoms with E-state index in [0.29, 0.717) is 38.6 Å². The number of para-hydroxylation sites is 1. The van der Waals surface area contributed by atoms with Crippen molar-refractivity contribution in [2.75, 3.05) is 5.73 Å². The van der Waals surface area contributed by atoms with Gasteiger partial charge in [0.05, 0.1) is 22.6 Å². The summed E-state index contributed by atoms with van der Waals surface area (Å²) >= 11 is 1.42. The summed E-state index contributed by atoms with van der Waals surface area (Å²) in [5, 5.41) is 9.96. The first-order valence-corrected chi connectivity index (χ1v) is 12.8. The topological polar surface area (TPSA) is 133 Å². The predicted octanol–water partition coefficient (Wildman–Crippen LogP) is 3.36. The molecular weight excluding hydrogens is 512 g/mol. The minimum atomic E-state index is -0.682. The van der Waals surface area contributed by atoms with Gasteiger partial charge in [0.25, 0.3) is 11.5 Å². The molecule has 0 aliphatic rings. The Balaban J connectivity index is 1.48. The Morgan fingerprint density at radius 3 is 2.69 bits per heavy atom. The SMILES string of the molecule is C[C@H](NC(=O)c1c(N)nn2cccnc12)c1nc2cccc(C#Cc3nccs3)c2c(=O)n1-c1ccccc1. The number of rotatable bonds is 4. The number of hydrogen-bond acceptors (Lipinski definition) is 8. The molecule has 10 nitrogen and oxygen atoms in total.